The van der Waals surface area contributed by atoms with Crippen molar-refractivity contribution in [1.82, 2.24) is 0 Å². The van der Waals surface area contributed by atoms with Crippen molar-refractivity contribution in [1.29, 1.82) is 0 Å². The molecule has 10 atom stereocenters. The Balaban J connectivity index is 1.79. The van der Waals surface area contributed by atoms with Crippen LogP contribution < -0.4 is 10.4 Å². The van der Waals surface area contributed by atoms with Gasteiger partial charge in [0.05, 0.1) is 6.61 Å². The zero-order valence-electron chi connectivity index (χ0n) is 33.0. The maximum atomic E-state index is 12.5. The van der Waals surface area contributed by atoms with Crippen molar-refractivity contribution in [2.75, 3.05) is 20.3 Å². The first-order valence-corrected chi connectivity index (χ1v) is 20.0. The molecule has 2 heterocycles. The largest absolute Gasteiger partial charge is 0.463 e. The second kappa shape index (κ2) is 19.3. The molecule has 2 aliphatic heterocycles. The predicted octanol–water partition coefficient (Wildman–Crippen LogP) is 1.70. The minimum absolute atomic E-state index is 0.195. The number of aliphatic hydroxyl groups is 1. The van der Waals surface area contributed by atoms with Crippen LogP contribution in [0.15, 0.2) is 60.7 Å². The molecule has 0 unspecified atom stereocenters. The van der Waals surface area contributed by atoms with E-state index in [2.05, 4.69) is 20.8 Å². The van der Waals surface area contributed by atoms with Gasteiger partial charge in [0.25, 0.3) is 8.32 Å². The highest BCUT2D eigenvalue weighted by atomic mass is 28.4. The summed E-state index contributed by atoms with van der Waals surface area (Å²) in [5, 5.41) is 13.6. The van der Waals surface area contributed by atoms with Gasteiger partial charge >= 0.3 is 29.8 Å². The van der Waals surface area contributed by atoms with Crippen molar-refractivity contribution in [2.24, 2.45) is 0 Å². The standard InChI is InChI=1S/C39H52O16Si/c1-22(40)47-20-30-32(49-23(2)41)34(50-24(3)42)36(52-26(5)44)38(54-30)55-33-31(45)29(53-37(46-9)35(33)51-25(4)43)21-48-56(39(6,7)8,27-16-12-10-13-17-27)28-18-14-11-15-19-28/h10-19,29-38,45H,20-21H2,1-9H3/t29-,30-,31-,32-,33+,34+,35+,36+,37+,38-/m1/s1. The molecule has 2 aromatic rings. The molecule has 17 heteroatoms. The minimum atomic E-state index is -3.18. The molecule has 4 rings (SSSR count). The van der Waals surface area contributed by atoms with E-state index in [-0.39, 0.29) is 6.61 Å². The van der Waals surface area contributed by atoms with Crippen molar-refractivity contribution in [2.45, 2.75) is 122 Å². The Morgan fingerprint density at radius 1 is 0.607 bits per heavy atom. The van der Waals surface area contributed by atoms with Crippen LogP contribution in [-0.4, -0.2) is 125 Å². The molecule has 0 aromatic heterocycles. The minimum Gasteiger partial charge on any atom is -0.463 e. The lowest BCUT2D eigenvalue weighted by atomic mass is 9.96. The summed E-state index contributed by atoms with van der Waals surface area (Å²) in [5.41, 5.74) is 0. The molecule has 0 spiro atoms. The Morgan fingerprint density at radius 2 is 1.05 bits per heavy atom. The van der Waals surface area contributed by atoms with Gasteiger partial charge in [-0.15, -0.1) is 0 Å². The van der Waals surface area contributed by atoms with Crippen LogP contribution in [-0.2, 0) is 71.0 Å². The Morgan fingerprint density at radius 3 is 1.50 bits per heavy atom. The highest BCUT2D eigenvalue weighted by Gasteiger charge is 2.57. The number of ether oxygens (including phenoxy) is 9. The molecule has 308 valence electrons. The molecule has 0 aliphatic carbocycles. The topological polar surface area (TPSA) is 198 Å². The fourth-order valence-corrected chi connectivity index (χ4v) is 11.7. The summed E-state index contributed by atoms with van der Waals surface area (Å²) in [6, 6.07) is 19.6. The number of rotatable bonds is 14. The fraction of sp³-hybridized carbons (Fsp3) is 0.564. The van der Waals surface area contributed by atoms with E-state index in [1.807, 2.05) is 60.7 Å². The van der Waals surface area contributed by atoms with Crippen LogP contribution >= 0.6 is 0 Å². The summed E-state index contributed by atoms with van der Waals surface area (Å²) in [4.78, 5) is 61.5. The molecule has 0 radical (unpaired) electrons. The van der Waals surface area contributed by atoms with Gasteiger partial charge in [-0.1, -0.05) is 81.4 Å². The Bertz CT molecular complexity index is 1610. The van der Waals surface area contributed by atoms with Crippen LogP contribution in [0.25, 0.3) is 0 Å². The van der Waals surface area contributed by atoms with E-state index in [1.54, 1.807) is 0 Å². The van der Waals surface area contributed by atoms with Gasteiger partial charge in [-0.2, -0.15) is 0 Å². The summed E-state index contributed by atoms with van der Waals surface area (Å²) in [6.45, 7) is 11.1. The third kappa shape index (κ3) is 10.6. The lowest BCUT2D eigenvalue weighted by molar-refractivity contribution is -0.359. The summed E-state index contributed by atoms with van der Waals surface area (Å²) < 4.78 is 58.8. The number of hydrogen-bond donors (Lipinski definition) is 1. The van der Waals surface area contributed by atoms with Crippen LogP contribution in [0.2, 0.25) is 5.04 Å². The van der Waals surface area contributed by atoms with E-state index < -0.39 is 111 Å². The third-order valence-corrected chi connectivity index (χ3v) is 14.3. The molecule has 16 nitrogen and oxygen atoms in total. The molecular weight excluding hydrogens is 752 g/mol. The third-order valence-electron chi connectivity index (χ3n) is 9.27. The number of hydrogen-bond acceptors (Lipinski definition) is 16. The molecule has 2 saturated heterocycles. The maximum absolute atomic E-state index is 12.5. The molecule has 1 N–H and O–H groups in total. The van der Waals surface area contributed by atoms with Crippen molar-refractivity contribution in [3.8, 4) is 0 Å². The average molecular weight is 805 g/mol. The molecule has 56 heavy (non-hydrogen) atoms. The highest BCUT2D eigenvalue weighted by Crippen LogP contribution is 2.39. The average Bonchev–Trinajstić information content (AvgIpc) is 3.12. The second-order valence-corrected chi connectivity index (χ2v) is 18.8. The van der Waals surface area contributed by atoms with Crippen LogP contribution in [0.1, 0.15) is 55.4 Å². The molecule has 0 saturated carbocycles. The number of aliphatic hydroxyl groups excluding tert-OH is 1. The Hall–Kier alpha value is -4.23. The Kier molecular flexibility index (Phi) is 15.3. The highest BCUT2D eigenvalue weighted by molar-refractivity contribution is 6.99. The molecule has 2 aliphatic rings. The Labute approximate surface area is 327 Å². The molecule has 2 aromatic carbocycles. The van der Waals surface area contributed by atoms with E-state index in [9.17, 15) is 29.1 Å². The first-order valence-electron chi connectivity index (χ1n) is 18.1. The smallest absolute Gasteiger partial charge is 0.303 e. The summed E-state index contributed by atoms with van der Waals surface area (Å²) in [5.74, 6) is -4.00. The van der Waals surface area contributed by atoms with E-state index >= 15 is 0 Å². The lowest BCUT2D eigenvalue weighted by Crippen LogP contribution is -2.69. The van der Waals surface area contributed by atoms with E-state index in [0.29, 0.717) is 0 Å². The SMILES string of the molecule is CO[C@H]1O[C@H](CO[Si](c2ccccc2)(c2ccccc2)C(C)(C)C)[C@@H](O)[C@H](O[C@H]2O[C@H](COC(C)=O)[C@@H](OC(C)=O)[C@H](OC(C)=O)[C@@H]2OC(C)=O)[C@@H]1OC(C)=O. The number of esters is 5. The summed E-state index contributed by atoms with van der Waals surface area (Å²) in [7, 11) is -1.87. The van der Waals surface area contributed by atoms with Crippen molar-refractivity contribution in [3.63, 3.8) is 0 Å². The monoisotopic (exact) mass is 804 g/mol. The number of carbonyl (C=O) groups is 5. The van der Waals surface area contributed by atoms with Gasteiger partial charge in [-0.05, 0) is 15.4 Å². The second-order valence-electron chi connectivity index (χ2n) is 14.5. The van der Waals surface area contributed by atoms with Gasteiger partial charge in [0.1, 0.15) is 31.0 Å². The van der Waals surface area contributed by atoms with Gasteiger partial charge in [-0.3, -0.25) is 24.0 Å². The number of methoxy groups -OCH3 is 1. The van der Waals surface area contributed by atoms with E-state index in [1.165, 1.54) is 7.11 Å². The predicted molar refractivity (Wildman–Crippen MR) is 198 cm³/mol. The zero-order valence-corrected chi connectivity index (χ0v) is 34.0. The quantitative estimate of drug-likeness (QED) is 0.164. The van der Waals surface area contributed by atoms with Crippen LogP contribution in [0, 0.1) is 0 Å². The molecular formula is C39H52O16Si. The first-order chi connectivity index (χ1) is 26.4. The van der Waals surface area contributed by atoms with Crippen molar-refractivity contribution >= 4 is 48.5 Å². The van der Waals surface area contributed by atoms with Gasteiger partial charge in [-0.25, -0.2) is 0 Å². The lowest BCUT2D eigenvalue weighted by Gasteiger charge is -2.49. The molecule has 2 fully saturated rings. The van der Waals surface area contributed by atoms with Crippen LogP contribution in [0.5, 0.6) is 0 Å². The van der Waals surface area contributed by atoms with Gasteiger partial charge in [0.15, 0.2) is 37.0 Å². The van der Waals surface area contributed by atoms with Gasteiger partial charge in [0.2, 0.25) is 0 Å². The van der Waals surface area contributed by atoms with Crippen molar-refractivity contribution < 1.29 is 76.1 Å². The van der Waals surface area contributed by atoms with E-state index in [4.69, 9.17) is 47.1 Å². The fourth-order valence-electron chi connectivity index (χ4n) is 7.11. The van der Waals surface area contributed by atoms with Crippen LogP contribution in [0.3, 0.4) is 0 Å². The number of benzene rings is 2. The molecule has 0 amide bonds. The number of carbonyl (C=O) groups excluding carboxylic acids is 5. The van der Waals surface area contributed by atoms with Gasteiger partial charge in [0, 0.05) is 41.7 Å². The first kappa shape index (κ1) is 44.5. The van der Waals surface area contributed by atoms with Crippen LogP contribution in [0.4, 0.5) is 0 Å². The summed E-state index contributed by atoms with van der Waals surface area (Å²) in [6.07, 6.45) is -14.8. The normalized spacial score (nSPS) is 28.0. The van der Waals surface area contributed by atoms with Gasteiger partial charge < -0.3 is 52.2 Å². The summed E-state index contributed by atoms with van der Waals surface area (Å²) >= 11 is 0. The van der Waals surface area contributed by atoms with Crippen molar-refractivity contribution in [3.05, 3.63) is 60.7 Å². The van der Waals surface area contributed by atoms with E-state index in [0.717, 1.165) is 45.0 Å². The maximum Gasteiger partial charge on any atom is 0.303 e. The molecule has 0 bridgehead atoms. The zero-order chi connectivity index (χ0) is 41.4.